The smallest absolute Gasteiger partial charge is 0.158 e. The first kappa shape index (κ1) is 6.42. The van der Waals surface area contributed by atoms with Crippen molar-refractivity contribution in [3.8, 4) is 0 Å². The molecule has 0 aromatic heterocycles. The summed E-state index contributed by atoms with van der Waals surface area (Å²) in [6, 6.07) is 0. The SMILES string of the molecule is CC(=S)OC1C=CN=C1. The fourth-order valence-corrected chi connectivity index (χ4v) is 0.691. The molecule has 1 unspecified atom stereocenters. The molecule has 9 heavy (non-hydrogen) atoms. The molecule has 1 aliphatic heterocycles. The van der Waals surface area contributed by atoms with E-state index in [4.69, 9.17) is 17.0 Å². The Morgan fingerprint density at radius 3 is 3.00 bits per heavy atom. The van der Waals surface area contributed by atoms with Crippen molar-refractivity contribution < 1.29 is 4.74 Å². The first-order chi connectivity index (χ1) is 4.29. The van der Waals surface area contributed by atoms with Gasteiger partial charge in [-0.2, -0.15) is 0 Å². The lowest BCUT2D eigenvalue weighted by molar-refractivity contribution is 0.312. The molecule has 0 aromatic rings. The lowest BCUT2D eigenvalue weighted by Gasteiger charge is -2.04. The van der Waals surface area contributed by atoms with Crippen molar-refractivity contribution in [2.24, 2.45) is 4.99 Å². The summed E-state index contributed by atoms with van der Waals surface area (Å²) in [4.78, 5) is 3.83. The van der Waals surface area contributed by atoms with E-state index in [-0.39, 0.29) is 6.10 Å². The molecular formula is C6H7NOS. The summed E-state index contributed by atoms with van der Waals surface area (Å²) in [6.07, 6.45) is 5.22. The van der Waals surface area contributed by atoms with Gasteiger partial charge in [0.2, 0.25) is 0 Å². The maximum Gasteiger partial charge on any atom is 0.158 e. The molecule has 0 aliphatic carbocycles. The highest BCUT2D eigenvalue weighted by Crippen LogP contribution is 1.99. The molecule has 0 radical (unpaired) electrons. The molecule has 0 amide bonds. The van der Waals surface area contributed by atoms with Crippen molar-refractivity contribution in [3.05, 3.63) is 12.3 Å². The summed E-state index contributed by atoms with van der Waals surface area (Å²) in [5.41, 5.74) is 0. The minimum atomic E-state index is -0.0255. The minimum absolute atomic E-state index is 0.0255. The number of thiocarbonyl (C=S) groups is 1. The van der Waals surface area contributed by atoms with Crippen LogP contribution in [0.3, 0.4) is 0 Å². The van der Waals surface area contributed by atoms with Crippen LogP contribution in [-0.4, -0.2) is 17.4 Å². The predicted octanol–water partition coefficient (Wildman–Crippen LogP) is 1.32. The quantitative estimate of drug-likeness (QED) is 0.513. The third kappa shape index (κ3) is 1.93. The molecule has 1 heterocycles. The Morgan fingerprint density at radius 1 is 1.78 bits per heavy atom. The summed E-state index contributed by atoms with van der Waals surface area (Å²) in [5, 5.41) is 0.554. The maximum absolute atomic E-state index is 5.11. The fourth-order valence-electron chi connectivity index (χ4n) is 0.580. The van der Waals surface area contributed by atoms with Crippen LogP contribution in [-0.2, 0) is 4.74 Å². The Hall–Kier alpha value is -0.700. The van der Waals surface area contributed by atoms with E-state index in [0.717, 1.165) is 0 Å². The monoisotopic (exact) mass is 141 g/mol. The van der Waals surface area contributed by atoms with Gasteiger partial charge in [-0.05, 0) is 18.3 Å². The number of aliphatic imine (C=N–C) groups is 1. The van der Waals surface area contributed by atoms with Gasteiger partial charge in [0, 0.05) is 19.3 Å². The average Bonchev–Trinajstić information content (AvgIpc) is 2.15. The molecule has 0 aromatic carbocycles. The average molecular weight is 141 g/mol. The van der Waals surface area contributed by atoms with E-state index in [1.54, 1.807) is 19.3 Å². The van der Waals surface area contributed by atoms with Gasteiger partial charge in [-0.1, -0.05) is 0 Å². The van der Waals surface area contributed by atoms with Crippen LogP contribution in [0, 0.1) is 0 Å². The molecule has 0 N–H and O–H groups in total. The normalized spacial score (nSPS) is 22.6. The number of hydrogen-bond donors (Lipinski definition) is 0. The van der Waals surface area contributed by atoms with E-state index in [9.17, 15) is 0 Å². The summed E-state index contributed by atoms with van der Waals surface area (Å²) in [6.45, 7) is 1.75. The molecule has 2 nitrogen and oxygen atoms in total. The zero-order valence-corrected chi connectivity index (χ0v) is 5.89. The molecule has 0 bridgehead atoms. The van der Waals surface area contributed by atoms with Crippen LogP contribution in [0.4, 0.5) is 0 Å². The van der Waals surface area contributed by atoms with Crippen LogP contribution < -0.4 is 0 Å². The zero-order chi connectivity index (χ0) is 6.69. The van der Waals surface area contributed by atoms with Crippen LogP contribution in [0.15, 0.2) is 17.3 Å². The molecule has 1 aliphatic rings. The van der Waals surface area contributed by atoms with E-state index < -0.39 is 0 Å². The van der Waals surface area contributed by atoms with Crippen LogP contribution in [0.5, 0.6) is 0 Å². The maximum atomic E-state index is 5.11. The lowest BCUT2D eigenvalue weighted by atomic mass is 10.4. The van der Waals surface area contributed by atoms with Crippen LogP contribution in [0.25, 0.3) is 0 Å². The van der Waals surface area contributed by atoms with Gasteiger partial charge < -0.3 is 4.74 Å². The Labute approximate surface area is 59.2 Å². The molecule has 3 heteroatoms. The number of hydrogen-bond acceptors (Lipinski definition) is 3. The summed E-state index contributed by atoms with van der Waals surface area (Å²) < 4.78 is 5.11. The predicted molar refractivity (Wildman–Crippen MR) is 40.8 cm³/mol. The van der Waals surface area contributed by atoms with E-state index in [1.807, 2.05) is 6.08 Å². The van der Waals surface area contributed by atoms with Gasteiger partial charge in [-0.25, -0.2) is 0 Å². The second-order valence-electron chi connectivity index (χ2n) is 1.71. The van der Waals surface area contributed by atoms with Gasteiger partial charge in [-0.3, -0.25) is 4.99 Å². The van der Waals surface area contributed by atoms with Gasteiger partial charge in [-0.15, -0.1) is 0 Å². The third-order valence-electron chi connectivity index (χ3n) is 0.897. The Morgan fingerprint density at radius 2 is 2.56 bits per heavy atom. The minimum Gasteiger partial charge on any atom is -0.474 e. The molecule has 0 saturated carbocycles. The number of rotatable bonds is 1. The number of nitrogens with zero attached hydrogens (tertiary/aromatic N) is 1. The highest BCUT2D eigenvalue weighted by Gasteiger charge is 2.04. The van der Waals surface area contributed by atoms with Crippen molar-refractivity contribution in [2.45, 2.75) is 13.0 Å². The molecule has 0 spiro atoms. The standard InChI is InChI=1S/C6H7NOS/c1-5(9)8-6-2-3-7-4-6/h2-4,6H,1H3. The summed E-state index contributed by atoms with van der Waals surface area (Å²) >= 11 is 4.71. The first-order valence-corrected chi connectivity index (χ1v) is 3.07. The second-order valence-corrected chi connectivity index (χ2v) is 2.29. The van der Waals surface area contributed by atoms with Gasteiger partial charge in [0.1, 0.15) is 0 Å². The zero-order valence-electron chi connectivity index (χ0n) is 5.07. The Bertz CT molecular complexity index is 162. The summed E-state index contributed by atoms with van der Waals surface area (Å²) in [7, 11) is 0. The van der Waals surface area contributed by atoms with Crippen molar-refractivity contribution in [2.75, 3.05) is 0 Å². The topological polar surface area (TPSA) is 21.6 Å². The molecule has 48 valence electrons. The third-order valence-corrected chi connectivity index (χ3v) is 0.993. The van der Waals surface area contributed by atoms with E-state index in [1.165, 1.54) is 0 Å². The van der Waals surface area contributed by atoms with E-state index >= 15 is 0 Å². The molecule has 0 saturated heterocycles. The molecule has 1 rings (SSSR count). The fraction of sp³-hybridized carbons (Fsp3) is 0.333. The molecule has 0 fully saturated rings. The first-order valence-electron chi connectivity index (χ1n) is 2.66. The van der Waals surface area contributed by atoms with E-state index in [2.05, 4.69) is 4.99 Å². The van der Waals surface area contributed by atoms with Gasteiger partial charge in [0.15, 0.2) is 11.2 Å². The van der Waals surface area contributed by atoms with Gasteiger partial charge in [0.05, 0.1) is 0 Å². The van der Waals surface area contributed by atoms with Crippen molar-refractivity contribution >= 4 is 23.5 Å². The molecular weight excluding hydrogens is 134 g/mol. The van der Waals surface area contributed by atoms with Gasteiger partial charge >= 0.3 is 0 Å². The van der Waals surface area contributed by atoms with Crippen molar-refractivity contribution in [1.82, 2.24) is 0 Å². The van der Waals surface area contributed by atoms with Crippen LogP contribution >= 0.6 is 12.2 Å². The van der Waals surface area contributed by atoms with Crippen molar-refractivity contribution in [1.29, 1.82) is 0 Å². The summed E-state index contributed by atoms with van der Waals surface area (Å²) in [5.74, 6) is 0. The van der Waals surface area contributed by atoms with E-state index in [0.29, 0.717) is 5.05 Å². The van der Waals surface area contributed by atoms with Crippen LogP contribution in [0.1, 0.15) is 6.92 Å². The van der Waals surface area contributed by atoms with Gasteiger partial charge in [0.25, 0.3) is 0 Å². The highest BCUT2D eigenvalue weighted by atomic mass is 32.1. The molecule has 1 atom stereocenters. The van der Waals surface area contributed by atoms with Crippen LogP contribution in [0.2, 0.25) is 0 Å². The largest absolute Gasteiger partial charge is 0.474 e. The second kappa shape index (κ2) is 2.73. The number of ether oxygens (including phenoxy) is 1. The Balaban J connectivity index is 2.37. The van der Waals surface area contributed by atoms with Crippen molar-refractivity contribution in [3.63, 3.8) is 0 Å². The Kier molecular flexibility index (Phi) is 1.95. The highest BCUT2D eigenvalue weighted by molar-refractivity contribution is 7.80. The lowest BCUT2D eigenvalue weighted by Crippen LogP contribution is -2.11.